The molecular weight excluding hydrogens is 415 g/mol. The molecule has 1 heterocycles. The molecule has 3 rings (SSSR count). The smallest absolute Gasteiger partial charge is 0.554 e. The van der Waals surface area contributed by atoms with Crippen molar-refractivity contribution in [3.8, 4) is 17.1 Å². The summed E-state index contributed by atoms with van der Waals surface area (Å²) in [5, 5.41) is 4.85. The van der Waals surface area contributed by atoms with Crippen molar-refractivity contribution in [1.82, 2.24) is 14.8 Å². The SMILES string of the molecule is COc1c[c-]c(Cl)cc1Cn1nc(-c2ccc(C)c(C)c2)[nH]c1=O.[Y+3]. The molecule has 0 bridgehead atoms. The van der Waals surface area contributed by atoms with Crippen LogP contribution in [0.15, 0.2) is 35.1 Å². The molecule has 0 radical (unpaired) electrons. The van der Waals surface area contributed by atoms with Gasteiger partial charge in [0, 0.05) is 11.3 Å². The summed E-state index contributed by atoms with van der Waals surface area (Å²) >= 11 is 5.99. The molecule has 0 saturated heterocycles. The van der Waals surface area contributed by atoms with E-state index in [0.717, 1.165) is 16.7 Å². The van der Waals surface area contributed by atoms with E-state index in [0.29, 0.717) is 16.6 Å². The molecule has 1 N–H and O–H groups in total. The molecule has 0 aliphatic carbocycles. The van der Waals surface area contributed by atoms with Crippen LogP contribution < -0.4 is 10.4 Å². The molecule has 0 atom stereocenters. The summed E-state index contributed by atoms with van der Waals surface area (Å²) in [5.74, 6) is 1.15. The Morgan fingerprint density at radius 2 is 2.04 bits per heavy atom. The van der Waals surface area contributed by atoms with E-state index in [1.165, 1.54) is 10.2 Å². The Kier molecular flexibility index (Phi) is 6.61. The molecule has 7 heteroatoms. The number of hydrogen-bond acceptors (Lipinski definition) is 3. The summed E-state index contributed by atoms with van der Waals surface area (Å²) in [7, 11) is 1.56. The third-order valence-corrected chi connectivity index (χ3v) is 4.18. The summed E-state index contributed by atoms with van der Waals surface area (Å²) in [4.78, 5) is 15.0. The van der Waals surface area contributed by atoms with Gasteiger partial charge in [-0.1, -0.05) is 22.7 Å². The monoisotopic (exact) mass is 431 g/mol. The van der Waals surface area contributed by atoms with Crippen molar-refractivity contribution < 1.29 is 37.4 Å². The molecule has 25 heavy (non-hydrogen) atoms. The van der Waals surface area contributed by atoms with Gasteiger partial charge in [0.15, 0.2) is 5.82 Å². The first-order chi connectivity index (χ1) is 11.5. The first-order valence-electron chi connectivity index (χ1n) is 7.47. The van der Waals surface area contributed by atoms with Gasteiger partial charge in [-0.25, -0.2) is 9.48 Å². The fraction of sp³-hybridized carbons (Fsp3) is 0.222. The second kappa shape index (κ2) is 8.30. The third-order valence-electron chi connectivity index (χ3n) is 3.96. The van der Waals surface area contributed by atoms with Gasteiger partial charge < -0.3 is 4.74 Å². The maximum Gasteiger partial charge on any atom is 3.00 e. The molecule has 3 aromatic rings. The second-order valence-corrected chi connectivity index (χ2v) is 6.02. The van der Waals surface area contributed by atoms with Gasteiger partial charge in [0.05, 0.1) is 13.7 Å². The molecule has 1 aromatic heterocycles. The fourth-order valence-electron chi connectivity index (χ4n) is 2.45. The van der Waals surface area contributed by atoms with Crippen molar-refractivity contribution >= 4 is 11.6 Å². The van der Waals surface area contributed by atoms with Crippen molar-refractivity contribution in [3.05, 3.63) is 68.6 Å². The average molecular weight is 432 g/mol. The van der Waals surface area contributed by atoms with Crippen molar-refractivity contribution in [3.63, 3.8) is 0 Å². The number of methoxy groups -OCH3 is 1. The van der Waals surface area contributed by atoms with Gasteiger partial charge in [-0.3, -0.25) is 4.98 Å². The van der Waals surface area contributed by atoms with E-state index in [1.54, 1.807) is 19.2 Å². The molecular formula is C18H17ClN3O2Y+2. The first kappa shape index (κ1) is 19.9. The Morgan fingerprint density at radius 3 is 2.72 bits per heavy atom. The molecule has 0 aliphatic rings. The number of aromatic amines is 1. The number of nitrogens with zero attached hydrogens (tertiary/aromatic N) is 2. The fourth-order valence-corrected chi connectivity index (χ4v) is 2.64. The summed E-state index contributed by atoms with van der Waals surface area (Å²) < 4.78 is 6.65. The van der Waals surface area contributed by atoms with Crippen LogP contribution in [0, 0.1) is 19.9 Å². The van der Waals surface area contributed by atoms with E-state index < -0.39 is 0 Å². The van der Waals surface area contributed by atoms with Crippen molar-refractivity contribution in [2.75, 3.05) is 7.11 Å². The zero-order chi connectivity index (χ0) is 17.3. The third kappa shape index (κ3) is 4.41. The molecule has 0 fully saturated rings. The summed E-state index contributed by atoms with van der Waals surface area (Å²) in [6, 6.07) is 12.2. The van der Waals surface area contributed by atoms with E-state index in [9.17, 15) is 4.79 Å². The summed E-state index contributed by atoms with van der Waals surface area (Å²) in [6.45, 7) is 4.34. The molecule has 0 unspecified atom stereocenters. The number of nitrogens with one attached hydrogen (secondary N) is 1. The minimum atomic E-state index is -0.283. The Balaban J connectivity index is 0.00000225. The number of aromatic nitrogens is 3. The zero-order valence-corrected chi connectivity index (χ0v) is 17.9. The maximum absolute atomic E-state index is 12.2. The largest absolute Gasteiger partial charge is 3.00 e. The number of rotatable bonds is 4. The van der Waals surface area contributed by atoms with Crippen LogP contribution in [0.1, 0.15) is 16.7 Å². The normalized spacial score (nSPS) is 10.4. The molecule has 0 aliphatic heterocycles. The minimum Gasteiger partial charge on any atom is -0.554 e. The standard InChI is InChI=1S/C18H17ClN3O2.Y/c1-11-4-5-13(8-12(11)2)17-20-18(23)22(21-17)10-14-9-15(19)6-7-16(14)24-3;/h4-5,7-9H,10H2,1-3H3,(H,20,21,23);/q-1;+3. The number of ether oxygens (including phenoxy) is 1. The molecule has 0 saturated carbocycles. The summed E-state index contributed by atoms with van der Waals surface area (Å²) in [6.07, 6.45) is 0. The van der Waals surface area contributed by atoms with Crippen LogP contribution in [0.5, 0.6) is 5.75 Å². The number of benzene rings is 2. The number of hydrogen-bond donors (Lipinski definition) is 1. The van der Waals surface area contributed by atoms with E-state index in [-0.39, 0.29) is 44.9 Å². The van der Waals surface area contributed by atoms with Gasteiger partial charge >= 0.3 is 38.4 Å². The van der Waals surface area contributed by atoms with Gasteiger partial charge in [0.1, 0.15) is 0 Å². The topological polar surface area (TPSA) is 59.9 Å². The predicted octanol–water partition coefficient (Wildman–Crippen LogP) is 3.36. The summed E-state index contributed by atoms with van der Waals surface area (Å²) in [5.41, 5.74) is 3.70. The first-order valence-corrected chi connectivity index (χ1v) is 7.84. The Hall–Kier alpha value is -1.43. The Bertz CT molecular complexity index is 950. The Labute approximate surface area is 176 Å². The maximum atomic E-state index is 12.2. The van der Waals surface area contributed by atoms with Crippen LogP contribution in [0.25, 0.3) is 11.4 Å². The van der Waals surface area contributed by atoms with E-state index in [1.807, 2.05) is 32.0 Å². The van der Waals surface area contributed by atoms with Gasteiger partial charge in [-0.15, -0.1) is 28.8 Å². The number of halogens is 1. The minimum absolute atomic E-state index is 0. The zero-order valence-electron chi connectivity index (χ0n) is 14.3. The van der Waals surface area contributed by atoms with Gasteiger partial charge in [0.2, 0.25) is 0 Å². The molecule has 5 nitrogen and oxygen atoms in total. The van der Waals surface area contributed by atoms with Crippen molar-refractivity contribution in [2.45, 2.75) is 20.4 Å². The van der Waals surface area contributed by atoms with Crippen molar-refractivity contribution in [1.29, 1.82) is 0 Å². The second-order valence-electron chi connectivity index (χ2n) is 5.61. The van der Waals surface area contributed by atoms with Crippen LogP contribution in [-0.2, 0) is 39.3 Å². The van der Waals surface area contributed by atoms with Gasteiger partial charge in [0.25, 0.3) is 0 Å². The van der Waals surface area contributed by atoms with Crippen LogP contribution in [0.2, 0.25) is 5.02 Å². The van der Waals surface area contributed by atoms with Crippen LogP contribution in [0.3, 0.4) is 0 Å². The Morgan fingerprint density at radius 1 is 1.28 bits per heavy atom. The number of aryl methyl sites for hydroxylation is 2. The quantitative estimate of drug-likeness (QED) is 0.644. The van der Waals surface area contributed by atoms with Crippen LogP contribution in [-0.4, -0.2) is 21.9 Å². The number of H-pyrrole nitrogens is 1. The molecule has 124 valence electrons. The molecule has 0 spiro atoms. The van der Waals surface area contributed by atoms with E-state index in [4.69, 9.17) is 16.3 Å². The van der Waals surface area contributed by atoms with E-state index >= 15 is 0 Å². The molecule has 2 aromatic carbocycles. The van der Waals surface area contributed by atoms with Crippen LogP contribution in [0.4, 0.5) is 0 Å². The van der Waals surface area contributed by atoms with E-state index in [2.05, 4.69) is 16.1 Å². The molecule has 0 amide bonds. The van der Waals surface area contributed by atoms with Gasteiger partial charge in [-0.2, -0.15) is 6.07 Å². The van der Waals surface area contributed by atoms with Crippen LogP contribution >= 0.6 is 11.6 Å². The predicted molar refractivity (Wildman–Crippen MR) is 93.7 cm³/mol. The van der Waals surface area contributed by atoms with Crippen molar-refractivity contribution in [2.24, 2.45) is 0 Å². The average Bonchev–Trinajstić information content (AvgIpc) is 2.91. The van der Waals surface area contributed by atoms with Gasteiger partial charge in [-0.05, 0) is 31.0 Å².